The van der Waals surface area contributed by atoms with Crippen LogP contribution in [0.3, 0.4) is 0 Å². The highest BCUT2D eigenvalue weighted by atomic mass is 16.5. The van der Waals surface area contributed by atoms with Crippen molar-refractivity contribution in [1.82, 2.24) is 9.38 Å². The van der Waals surface area contributed by atoms with Crippen molar-refractivity contribution in [2.75, 3.05) is 14.2 Å². The number of fused-ring (bicyclic) bond motifs is 5. The number of benzene rings is 2. The molecule has 0 aliphatic heterocycles. The van der Waals surface area contributed by atoms with Gasteiger partial charge in [-0.15, -0.1) is 0 Å². The molecular weight excluding hydrogens is 396 g/mol. The molecule has 2 aromatic carbocycles. The van der Waals surface area contributed by atoms with Crippen molar-refractivity contribution >= 4 is 43.9 Å². The summed E-state index contributed by atoms with van der Waals surface area (Å²) in [6.45, 7) is 3.21. The Morgan fingerprint density at radius 2 is 1.84 bits per heavy atom. The van der Waals surface area contributed by atoms with E-state index in [1.165, 1.54) is 21.1 Å². The first-order valence-electron chi connectivity index (χ1n) is 9.86. The Labute approximate surface area is 177 Å². The minimum atomic E-state index is -0.554. The number of rotatable bonds is 5. The molecule has 7 heteroatoms. The van der Waals surface area contributed by atoms with Crippen molar-refractivity contribution in [2.24, 2.45) is 0 Å². The van der Waals surface area contributed by atoms with Gasteiger partial charge in [0.1, 0.15) is 5.75 Å². The number of Topliss-reactive ketones (excluding diaryl/α,β-unsaturated/α-hetero) is 1. The largest absolute Gasteiger partial charge is 0.493 e. The fraction of sp³-hybridized carbons (Fsp3) is 0.208. The quantitative estimate of drug-likeness (QED) is 0.404. The third kappa shape index (κ3) is 2.63. The van der Waals surface area contributed by atoms with Crippen molar-refractivity contribution in [1.29, 1.82) is 0 Å². The summed E-state index contributed by atoms with van der Waals surface area (Å²) >= 11 is 0. The molecule has 0 bridgehead atoms. The average Bonchev–Trinajstić information content (AvgIpc) is 3.11. The molecule has 3 aromatic heterocycles. The van der Waals surface area contributed by atoms with Gasteiger partial charge in [-0.05, 0) is 50.2 Å². The van der Waals surface area contributed by atoms with Crippen LogP contribution in [0, 0.1) is 0 Å². The summed E-state index contributed by atoms with van der Waals surface area (Å²) in [5.41, 5.74) is 1.95. The number of nitrogens with zero attached hydrogens (tertiary/aromatic N) is 2. The first-order chi connectivity index (χ1) is 15.0. The van der Waals surface area contributed by atoms with Crippen molar-refractivity contribution < 1.29 is 19.0 Å². The minimum absolute atomic E-state index is 0.0569. The number of methoxy groups -OCH3 is 2. The third-order valence-corrected chi connectivity index (χ3v) is 5.75. The summed E-state index contributed by atoms with van der Waals surface area (Å²) < 4.78 is 18.4. The van der Waals surface area contributed by atoms with Gasteiger partial charge in [0, 0.05) is 22.4 Å². The lowest BCUT2D eigenvalue weighted by atomic mass is 10.1. The van der Waals surface area contributed by atoms with E-state index in [1.54, 1.807) is 29.7 Å². The molecule has 3 heterocycles. The van der Waals surface area contributed by atoms with E-state index in [2.05, 4.69) is 4.98 Å². The van der Waals surface area contributed by atoms with Gasteiger partial charge in [0.2, 0.25) is 0 Å². The SMILES string of the molecule is COc1ccc2c(c1OC)c(=O)n1c3ccc(O[C@@H](C)C(C)=O)cc3c3ccnc2c31. The average molecular weight is 416 g/mol. The van der Waals surface area contributed by atoms with E-state index >= 15 is 0 Å². The molecule has 156 valence electrons. The molecule has 0 spiro atoms. The van der Waals surface area contributed by atoms with Crippen LogP contribution in [0.25, 0.3) is 38.1 Å². The van der Waals surface area contributed by atoms with Gasteiger partial charge in [0.05, 0.1) is 36.2 Å². The van der Waals surface area contributed by atoms with E-state index in [-0.39, 0.29) is 11.3 Å². The van der Waals surface area contributed by atoms with E-state index in [1.807, 2.05) is 24.3 Å². The van der Waals surface area contributed by atoms with Gasteiger partial charge in [-0.2, -0.15) is 0 Å². The number of hydrogen-bond acceptors (Lipinski definition) is 6. The zero-order valence-corrected chi connectivity index (χ0v) is 17.6. The smallest absolute Gasteiger partial charge is 0.267 e. The van der Waals surface area contributed by atoms with Crippen LogP contribution in [-0.2, 0) is 4.79 Å². The summed E-state index contributed by atoms with van der Waals surface area (Å²) in [5.74, 6) is 1.37. The second kappa shape index (κ2) is 6.84. The monoisotopic (exact) mass is 416 g/mol. The lowest BCUT2D eigenvalue weighted by Crippen LogP contribution is -2.20. The van der Waals surface area contributed by atoms with Crippen molar-refractivity contribution in [2.45, 2.75) is 20.0 Å². The lowest BCUT2D eigenvalue weighted by Gasteiger charge is -2.12. The predicted octanol–water partition coefficient (Wildman–Crippen LogP) is 3.97. The first-order valence-corrected chi connectivity index (χ1v) is 9.86. The second-order valence-electron chi connectivity index (χ2n) is 7.47. The molecule has 0 aliphatic rings. The number of hydrogen-bond donors (Lipinski definition) is 0. The predicted molar refractivity (Wildman–Crippen MR) is 119 cm³/mol. The molecule has 0 aliphatic carbocycles. The Bertz CT molecular complexity index is 1550. The number of carbonyl (C=O) groups excluding carboxylic acids is 1. The molecule has 0 unspecified atom stereocenters. The van der Waals surface area contributed by atoms with E-state index in [4.69, 9.17) is 14.2 Å². The molecule has 0 N–H and O–H groups in total. The zero-order chi connectivity index (χ0) is 21.9. The van der Waals surface area contributed by atoms with Gasteiger partial charge in [-0.1, -0.05) is 0 Å². The molecule has 0 amide bonds. The molecule has 7 nitrogen and oxygen atoms in total. The number of ketones is 1. The molecular formula is C24H20N2O5. The lowest BCUT2D eigenvalue weighted by molar-refractivity contribution is -0.122. The van der Waals surface area contributed by atoms with Gasteiger partial charge >= 0.3 is 0 Å². The van der Waals surface area contributed by atoms with E-state index < -0.39 is 6.10 Å². The van der Waals surface area contributed by atoms with Gasteiger partial charge in [0.25, 0.3) is 5.56 Å². The van der Waals surface area contributed by atoms with Gasteiger partial charge in [-0.25, -0.2) is 0 Å². The molecule has 5 rings (SSSR count). The summed E-state index contributed by atoms with van der Waals surface area (Å²) in [7, 11) is 3.05. The summed E-state index contributed by atoms with van der Waals surface area (Å²) in [4.78, 5) is 29.9. The summed E-state index contributed by atoms with van der Waals surface area (Å²) in [5, 5.41) is 2.84. The van der Waals surface area contributed by atoms with Crippen molar-refractivity contribution in [3.05, 3.63) is 52.9 Å². The molecule has 0 saturated heterocycles. The Hall–Kier alpha value is -3.87. The number of ether oxygens (including phenoxy) is 3. The first kappa shape index (κ1) is 19.1. The highest BCUT2D eigenvalue weighted by molar-refractivity contribution is 6.19. The van der Waals surface area contributed by atoms with Crippen LogP contribution >= 0.6 is 0 Å². The van der Waals surface area contributed by atoms with Crippen LogP contribution in [-0.4, -0.2) is 35.5 Å². The Morgan fingerprint density at radius 1 is 1.03 bits per heavy atom. The van der Waals surface area contributed by atoms with Crippen LogP contribution < -0.4 is 19.8 Å². The number of pyridine rings is 2. The fourth-order valence-electron chi connectivity index (χ4n) is 4.16. The van der Waals surface area contributed by atoms with Gasteiger partial charge in [0.15, 0.2) is 23.4 Å². The molecule has 0 radical (unpaired) electrons. The Kier molecular flexibility index (Phi) is 4.22. The van der Waals surface area contributed by atoms with Crippen LogP contribution in [0.15, 0.2) is 47.4 Å². The Morgan fingerprint density at radius 3 is 2.55 bits per heavy atom. The maximum atomic E-state index is 13.7. The standard InChI is InChI=1S/C24H20N2O5/c1-12(27)13(2)31-14-5-7-18-17(11-14)15-9-10-25-21-16-6-8-19(29-3)23(30-4)20(16)24(28)26(18)22(15)21/h5-11,13H,1-4H3/t13-/m0/s1. The second-order valence-corrected chi connectivity index (χ2v) is 7.47. The summed E-state index contributed by atoms with van der Waals surface area (Å²) in [6, 6.07) is 11.0. The summed E-state index contributed by atoms with van der Waals surface area (Å²) in [6.07, 6.45) is 1.17. The normalized spacial score (nSPS) is 12.6. The number of carbonyl (C=O) groups is 1. The third-order valence-electron chi connectivity index (χ3n) is 5.75. The van der Waals surface area contributed by atoms with Crippen LogP contribution in [0.5, 0.6) is 17.2 Å². The van der Waals surface area contributed by atoms with Crippen molar-refractivity contribution in [3.63, 3.8) is 0 Å². The highest BCUT2D eigenvalue weighted by Crippen LogP contribution is 2.39. The topological polar surface area (TPSA) is 79.1 Å². The van der Waals surface area contributed by atoms with E-state index in [0.29, 0.717) is 33.5 Å². The van der Waals surface area contributed by atoms with Crippen LogP contribution in [0.4, 0.5) is 0 Å². The van der Waals surface area contributed by atoms with E-state index in [9.17, 15) is 9.59 Å². The maximum absolute atomic E-state index is 13.7. The molecule has 5 aromatic rings. The molecule has 0 saturated carbocycles. The Balaban J connectivity index is 1.93. The maximum Gasteiger partial charge on any atom is 0.267 e. The van der Waals surface area contributed by atoms with E-state index in [0.717, 1.165) is 21.8 Å². The highest BCUT2D eigenvalue weighted by Gasteiger charge is 2.22. The molecule has 0 fully saturated rings. The molecule has 31 heavy (non-hydrogen) atoms. The van der Waals surface area contributed by atoms with Crippen LogP contribution in [0.2, 0.25) is 0 Å². The molecule has 1 atom stereocenters. The zero-order valence-electron chi connectivity index (χ0n) is 17.6. The van der Waals surface area contributed by atoms with Crippen molar-refractivity contribution in [3.8, 4) is 17.2 Å². The van der Waals surface area contributed by atoms with Crippen LogP contribution in [0.1, 0.15) is 13.8 Å². The van der Waals surface area contributed by atoms with Gasteiger partial charge < -0.3 is 14.2 Å². The fourth-order valence-corrected chi connectivity index (χ4v) is 4.16. The number of aromatic nitrogens is 2. The minimum Gasteiger partial charge on any atom is -0.493 e. The van der Waals surface area contributed by atoms with Gasteiger partial charge in [-0.3, -0.25) is 19.0 Å².